The molecule has 3 heteroatoms. The van der Waals surface area contributed by atoms with Crippen LogP contribution in [-0.2, 0) is 0 Å². The van der Waals surface area contributed by atoms with Crippen LogP contribution in [0.4, 0.5) is 0 Å². The molecule has 92 valence electrons. The fraction of sp³-hybridized carbons (Fsp3) is 0.571. The molecule has 1 saturated carbocycles. The third kappa shape index (κ3) is 1.89. The first-order valence-electron chi connectivity index (χ1n) is 6.38. The monoisotopic (exact) mass is 233 g/mol. The van der Waals surface area contributed by atoms with Crippen molar-refractivity contribution in [3.05, 3.63) is 23.8 Å². The molecule has 3 rings (SSSR count). The largest absolute Gasteiger partial charge is 0.497 e. The van der Waals surface area contributed by atoms with E-state index in [1.165, 1.54) is 19.3 Å². The zero-order valence-corrected chi connectivity index (χ0v) is 10.2. The second-order valence-electron chi connectivity index (χ2n) is 5.09. The lowest BCUT2D eigenvalue weighted by Gasteiger charge is -2.39. The highest BCUT2D eigenvalue weighted by molar-refractivity contribution is 5.43. The van der Waals surface area contributed by atoms with Crippen LogP contribution in [0.25, 0.3) is 0 Å². The Balaban J connectivity index is 1.85. The van der Waals surface area contributed by atoms with Crippen molar-refractivity contribution in [1.82, 2.24) is 0 Å². The van der Waals surface area contributed by atoms with Crippen LogP contribution in [0.3, 0.4) is 0 Å². The van der Waals surface area contributed by atoms with Crippen molar-refractivity contribution in [2.24, 2.45) is 11.7 Å². The van der Waals surface area contributed by atoms with Gasteiger partial charge >= 0.3 is 0 Å². The van der Waals surface area contributed by atoms with Crippen molar-refractivity contribution in [2.45, 2.75) is 37.8 Å². The molecule has 1 fully saturated rings. The second-order valence-corrected chi connectivity index (χ2v) is 5.09. The highest BCUT2D eigenvalue weighted by Gasteiger charge is 2.34. The fourth-order valence-corrected chi connectivity index (χ4v) is 2.74. The van der Waals surface area contributed by atoms with Gasteiger partial charge < -0.3 is 15.2 Å². The normalized spacial score (nSPS) is 27.9. The summed E-state index contributed by atoms with van der Waals surface area (Å²) in [6, 6.07) is 6.00. The molecule has 1 aliphatic heterocycles. The molecule has 1 heterocycles. The number of hydrogen-bond acceptors (Lipinski definition) is 3. The number of benzene rings is 1. The minimum absolute atomic E-state index is 0.0828. The molecule has 2 N–H and O–H groups in total. The first-order chi connectivity index (χ1) is 8.28. The van der Waals surface area contributed by atoms with E-state index < -0.39 is 0 Å². The van der Waals surface area contributed by atoms with Crippen LogP contribution in [0, 0.1) is 5.92 Å². The molecule has 17 heavy (non-hydrogen) atoms. The van der Waals surface area contributed by atoms with Crippen molar-refractivity contribution < 1.29 is 9.47 Å². The van der Waals surface area contributed by atoms with Crippen LogP contribution >= 0.6 is 0 Å². The molecule has 0 radical (unpaired) electrons. The summed E-state index contributed by atoms with van der Waals surface area (Å²) in [5.41, 5.74) is 7.32. The standard InChI is InChI=1S/C14H19NO2/c1-16-10-5-6-13-11(7-10)12(15)8-14(17-13)9-3-2-4-9/h5-7,9,12,14H,2-4,8,15H2,1H3/t12-,14?/m1/s1. The zero-order valence-electron chi connectivity index (χ0n) is 10.2. The van der Waals surface area contributed by atoms with E-state index in [-0.39, 0.29) is 6.04 Å². The van der Waals surface area contributed by atoms with Crippen molar-refractivity contribution in [1.29, 1.82) is 0 Å². The Morgan fingerprint density at radius 2 is 2.18 bits per heavy atom. The summed E-state index contributed by atoms with van der Waals surface area (Å²) >= 11 is 0. The topological polar surface area (TPSA) is 44.5 Å². The lowest BCUT2D eigenvalue weighted by Crippen LogP contribution is -2.38. The fourth-order valence-electron chi connectivity index (χ4n) is 2.74. The van der Waals surface area contributed by atoms with E-state index in [9.17, 15) is 0 Å². The van der Waals surface area contributed by atoms with Gasteiger partial charge in [-0.05, 0) is 37.0 Å². The average molecular weight is 233 g/mol. The summed E-state index contributed by atoms with van der Waals surface area (Å²) in [5, 5.41) is 0. The van der Waals surface area contributed by atoms with Gasteiger partial charge in [0.2, 0.25) is 0 Å². The zero-order chi connectivity index (χ0) is 11.8. The quantitative estimate of drug-likeness (QED) is 0.854. The maximum Gasteiger partial charge on any atom is 0.124 e. The summed E-state index contributed by atoms with van der Waals surface area (Å²) in [7, 11) is 1.67. The molecule has 0 amide bonds. The summed E-state index contributed by atoms with van der Waals surface area (Å²) in [6.07, 6.45) is 5.19. The first-order valence-corrected chi connectivity index (χ1v) is 6.38. The van der Waals surface area contributed by atoms with Crippen molar-refractivity contribution in [3.8, 4) is 11.5 Å². The van der Waals surface area contributed by atoms with Crippen LogP contribution in [0.1, 0.15) is 37.3 Å². The number of hydrogen-bond donors (Lipinski definition) is 1. The maximum atomic E-state index is 6.24. The Labute approximate surface area is 102 Å². The van der Waals surface area contributed by atoms with Crippen molar-refractivity contribution >= 4 is 0 Å². The predicted molar refractivity (Wildman–Crippen MR) is 66.3 cm³/mol. The van der Waals surface area contributed by atoms with Crippen LogP contribution in [0.2, 0.25) is 0 Å². The third-order valence-electron chi connectivity index (χ3n) is 4.06. The summed E-state index contributed by atoms with van der Waals surface area (Å²) in [5.74, 6) is 2.52. The van der Waals surface area contributed by atoms with E-state index in [4.69, 9.17) is 15.2 Å². The molecular weight excluding hydrogens is 214 g/mol. The Morgan fingerprint density at radius 1 is 1.35 bits per heavy atom. The summed E-state index contributed by atoms with van der Waals surface area (Å²) in [6.45, 7) is 0. The van der Waals surface area contributed by atoms with Crippen molar-refractivity contribution in [3.63, 3.8) is 0 Å². The van der Waals surface area contributed by atoms with Crippen LogP contribution in [0.5, 0.6) is 11.5 Å². The molecule has 0 aromatic heterocycles. The van der Waals surface area contributed by atoms with Gasteiger partial charge in [-0.2, -0.15) is 0 Å². The van der Waals surface area contributed by atoms with Gasteiger partial charge in [-0.1, -0.05) is 6.42 Å². The number of ether oxygens (including phenoxy) is 2. The van der Waals surface area contributed by atoms with Gasteiger partial charge in [0.15, 0.2) is 0 Å². The Kier molecular flexibility index (Phi) is 2.71. The lowest BCUT2D eigenvalue weighted by molar-refractivity contribution is 0.0578. The van der Waals surface area contributed by atoms with Gasteiger partial charge in [0.05, 0.1) is 7.11 Å². The first kappa shape index (κ1) is 10.9. The molecule has 0 spiro atoms. The van der Waals surface area contributed by atoms with E-state index in [1.807, 2.05) is 18.2 Å². The van der Waals surface area contributed by atoms with Crippen LogP contribution in [-0.4, -0.2) is 13.2 Å². The third-order valence-corrected chi connectivity index (χ3v) is 4.06. The molecule has 1 aliphatic carbocycles. The van der Waals surface area contributed by atoms with Gasteiger partial charge in [0, 0.05) is 18.0 Å². The molecule has 0 saturated heterocycles. The average Bonchev–Trinajstić information content (AvgIpc) is 2.26. The van der Waals surface area contributed by atoms with E-state index in [2.05, 4.69) is 0 Å². The Morgan fingerprint density at radius 3 is 2.82 bits per heavy atom. The Hall–Kier alpha value is -1.22. The number of methoxy groups -OCH3 is 1. The SMILES string of the molecule is COc1ccc2c(c1)[C@H](N)CC(C1CCC1)O2. The number of fused-ring (bicyclic) bond motifs is 1. The maximum absolute atomic E-state index is 6.24. The van der Waals surface area contributed by atoms with E-state index in [0.717, 1.165) is 29.4 Å². The van der Waals surface area contributed by atoms with E-state index in [0.29, 0.717) is 6.10 Å². The minimum Gasteiger partial charge on any atom is -0.497 e. The lowest BCUT2D eigenvalue weighted by atomic mass is 9.77. The van der Waals surface area contributed by atoms with Crippen LogP contribution in [0.15, 0.2) is 18.2 Å². The Bertz CT molecular complexity index is 415. The molecule has 3 nitrogen and oxygen atoms in total. The summed E-state index contributed by atoms with van der Waals surface area (Å²) in [4.78, 5) is 0. The minimum atomic E-state index is 0.0828. The molecule has 2 atom stereocenters. The van der Waals surface area contributed by atoms with E-state index in [1.54, 1.807) is 7.11 Å². The van der Waals surface area contributed by atoms with Gasteiger partial charge in [-0.25, -0.2) is 0 Å². The van der Waals surface area contributed by atoms with Crippen LogP contribution < -0.4 is 15.2 Å². The summed E-state index contributed by atoms with van der Waals surface area (Å²) < 4.78 is 11.3. The molecular formula is C14H19NO2. The van der Waals surface area contributed by atoms with Gasteiger partial charge in [-0.15, -0.1) is 0 Å². The predicted octanol–water partition coefficient (Wildman–Crippen LogP) is 2.65. The smallest absolute Gasteiger partial charge is 0.124 e. The molecule has 0 bridgehead atoms. The molecule has 1 unspecified atom stereocenters. The van der Waals surface area contributed by atoms with Crippen molar-refractivity contribution in [2.75, 3.05) is 7.11 Å². The second kappa shape index (κ2) is 4.22. The van der Waals surface area contributed by atoms with Gasteiger partial charge in [0.25, 0.3) is 0 Å². The van der Waals surface area contributed by atoms with Gasteiger partial charge in [-0.3, -0.25) is 0 Å². The highest BCUT2D eigenvalue weighted by Crippen LogP contribution is 2.42. The highest BCUT2D eigenvalue weighted by atomic mass is 16.5. The number of nitrogens with two attached hydrogens (primary N) is 1. The molecule has 1 aromatic carbocycles. The molecule has 2 aliphatic rings. The van der Waals surface area contributed by atoms with Gasteiger partial charge in [0.1, 0.15) is 17.6 Å². The molecule has 1 aromatic rings. The van der Waals surface area contributed by atoms with E-state index >= 15 is 0 Å². The number of rotatable bonds is 2.